The summed E-state index contributed by atoms with van der Waals surface area (Å²) in [7, 11) is 0. The fourth-order valence-electron chi connectivity index (χ4n) is 2.39. The normalized spacial score (nSPS) is 13.7. The summed E-state index contributed by atoms with van der Waals surface area (Å²) in [6, 6.07) is 3.42. The maximum atomic E-state index is 12.6. The van der Waals surface area contributed by atoms with Crippen molar-refractivity contribution in [3.05, 3.63) is 22.7 Å². The summed E-state index contributed by atoms with van der Waals surface area (Å²) in [5, 5.41) is 0.436. The van der Waals surface area contributed by atoms with E-state index in [1.807, 2.05) is 4.90 Å². The first-order chi connectivity index (χ1) is 10.2. The van der Waals surface area contributed by atoms with Crippen LogP contribution >= 0.6 is 11.6 Å². The highest BCUT2D eigenvalue weighted by Crippen LogP contribution is 2.38. The van der Waals surface area contributed by atoms with Crippen molar-refractivity contribution < 1.29 is 14.3 Å². The summed E-state index contributed by atoms with van der Waals surface area (Å²) in [5.74, 6) is 1.11. The molecule has 21 heavy (non-hydrogen) atoms. The lowest BCUT2D eigenvalue weighted by Crippen LogP contribution is -2.32. The molecule has 0 aliphatic carbocycles. The van der Waals surface area contributed by atoms with E-state index in [4.69, 9.17) is 21.1 Å². The van der Waals surface area contributed by atoms with Crippen molar-refractivity contribution in [3.63, 3.8) is 0 Å². The average Bonchev–Trinajstić information content (AvgIpc) is 2.72. The minimum absolute atomic E-state index is 0.00348. The van der Waals surface area contributed by atoms with Gasteiger partial charge in [0.1, 0.15) is 0 Å². The Labute approximate surface area is 131 Å². The molecule has 0 aromatic heterocycles. The molecule has 0 saturated heterocycles. The smallest absolute Gasteiger partial charge is 0.254 e. The number of rotatable bonds is 5. The number of benzene rings is 1. The van der Waals surface area contributed by atoms with Crippen molar-refractivity contribution >= 4 is 17.5 Å². The van der Waals surface area contributed by atoms with Crippen molar-refractivity contribution in [2.75, 3.05) is 26.3 Å². The van der Waals surface area contributed by atoms with Gasteiger partial charge in [0.05, 0.1) is 18.2 Å². The van der Waals surface area contributed by atoms with Crippen molar-refractivity contribution in [1.29, 1.82) is 0 Å². The van der Waals surface area contributed by atoms with Gasteiger partial charge in [-0.2, -0.15) is 0 Å². The van der Waals surface area contributed by atoms with Gasteiger partial charge in [0.25, 0.3) is 5.91 Å². The lowest BCUT2D eigenvalue weighted by atomic mass is 10.1. The van der Waals surface area contributed by atoms with E-state index in [0.29, 0.717) is 35.3 Å². The molecule has 1 heterocycles. The van der Waals surface area contributed by atoms with Crippen molar-refractivity contribution in [2.45, 2.75) is 33.1 Å². The molecule has 0 N–H and O–H groups in total. The Bertz CT molecular complexity index is 499. The number of fused-ring (bicyclic) bond motifs is 1. The van der Waals surface area contributed by atoms with Gasteiger partial charge in [-0.15, -0.1) is 0 Å². The topological polar surface area (TPSA) is 38.8 Å². The van der Waals surface area contributed by atoms with E-state index in [0.717, 1.165) is 32.4 Å². The number of carbonyl (C=O) groups is 1. The van der Waals surface area contributed by atoms with Crippen LogP contribution in [-0.2, 0) is 0 Å². The molecular weight excluding hydrogens is 290 g/mol. The highest BCUT2D eigenvalue weighted by atomic mass is 35.5. The summed E-state index contributed by atoms with van der Waals surface area (Å²) in [6.45, 7) is 6.79. The van der Waals surface area contributed by atoms with Crippen LogP contribution in [0.5, 0.6) is 11.5 Å². The Morgan fingerprint density at radius 3 is 2.52 bits per heavy atom. The summed E-state index contributed by atoms with van der Waals surface area (Å²) in [4.78, 5) is 14.5. The number of nitrogens with zero attached hydrogens (tertiary/aromatic N) is 1. The molecule has 0 atom stereocenters. The number of hydrogen-bond donors (Lipinski definition) is 0. The molecule has 1 aromatic rings. The van der Waals surface area contributed by atoms with Crippen molar-refractivity contribution in [2.24, 2.45) is 0 Å². The third-order valence-electron chi connectivity index (χ3n) is 3.32. The largest absolute Gasteiger partial charge is 0.489 e. The fourth-order valence-corrected chi connectivity index (χ4v) is 2.66. The second-order valence-corrected chi connectivity index (χ2v) is 5.54. The monoisotopic (exact) mass is 311 g/mol. The molecule has 2 rings (SSSR count). The van der Waals surface area contributed by atoms with Crippen molar-refractivity contribution in [3.8, 4) is 11.5 Å². The van der Waals surface area contributed by atoms with Gasteiger partial charge in [0.15, 0.2) is 11.5 Å². The Morgan fingerprint density at radius 2 is 1.86 bits per heavy atom. The van der Waals surface area contributed by atoms with E-state index < -0.39 is 0 Å². The van der Waals surface area contributed by atoms with Crippen LogP contribution in [0, 0.1) is 0 Å². The molecule has 0 saturated carbocycles. The van der Waals surface area contributed by atoms with E-state index >= 15 is 0 Å². The molecule has 0 fully saturated rings. The number of halogens is 1. The molecule has 116 valence electrons. The standard InChI is InChI=1S/C16H22ClNO3/c1-3-6-18(7-4-2)16(19)12-10-13(17)15-14(11-12)20-8-5-9-21-15/h10-11H,3-9H2,1-2H3. The summed E-state index contributed by atoms with van der Waals surface area (Å²) in [5.41, 5.74) is 0.561. The summed E-state index contributed by atoms with van der Waals surface area (Å²) >= 11 is 6.25. The molecule has 0 unspecified atom stereocenters. The molecule has 4 nitrogen and oxygen atoms in total. The molecule has 0 spiro atoms. The zero-order valence-corrected chi connectivity index (χ0v) is 13.4. The Hall–Kier alpha value is -1.42. The highest BCUT2D eigenvalue weighted by Gasteiger charge is 2.21. The van der Waals surface area contributed by atoms with Gasteiger partial charge in [-0.05, 0) is 25.0 Å². The highest BCUT2D eigenvalue weighted by molar-refractivity contribution is 6.32. The number of carbonyl (C=O) groups excluding carboxylic acids is 1. The lowest BCUT2D eigenvalue weighted by Gasteiger charge is -2.22. The Kier molecular flexibility index (Phi) is 5.74. The molecule has 0 radical (unpaired) electrons. The number of hydrogen-bond acceptors (Lipinski definition) is 3. The van der Waals surface area contributed by atoms with Crippen LogP contribution in [0.4, 0.5) is 0 Å². The first kappa shape index (κ1) is 16.0. The van der Waals surface area contributed by atoms with Gasteiger partial charge in [0.2, 0.25) is 0 Å². The zero-order chi connectivity index (χ0) is 15.2. The summed E-state index contributed by atoms with van der Waals surface area (Å²) < 4.78 is 11.2. The quantitative estimate of drug-likeness (QED) is 0.831. The number of amides is 1. The van der Waals surface area contributed by atoms with E-state index in [1.54, 1.807) is 12.1 Å². The van der Waals surface area contributed by atoms with Gasteiger partial charge >= 0.3 is 0 Å². The van der Waals surface area contributed by atoms with Crippen LogP contribution < -0.4 is 9.47 Å². The van der Waals surface area contributed by atoms with Crippen LogP contribution in [0.3, 0.4) is 0 Å². The molecule has 0 bridgehead atoms. The fraction of sp³-hybridized carbons (Fsp3) is 0.562. The minimum Gasteiger partial charge on any atom is -0.489 e. The molecule has 5 heteroatoms. The van der Waals surface area contributed by atoms with Gasteiger partial charge < -0.3 is 14.4 Å². The second kappa shape index (κ2) is 7.55. The molecule has 1 amide bonds. The van der Waals surface area contributed by atoms with Gasteiger partial charge in [0, 0.05) is 25.1 Å². The Morgan fingerprint density at radius 1 is 1.19 bits per heavy atom. The minimum atomic E-state index is -0.00348. The van der Waals surface area contributed by atoms with Gasteiger partial charge in [-0.25, -0.2) is 0 Å². The predicted molar refractivity (Wildman–Crippen MR) is 83.5 cm³/mol. The van der Waals surface area contributed by atoms with Gasteiger partial charge in [-0.3, -0.25) is 4.79 Å². The number of ether oxygens (including phenoxy) is 2. The first-order valence-corrected chi connectivity index (χ1v) is 7.93. The average molecular weight is 312 g/mol. The maximum Gasteiger partial charge on any atom is 0.254 e. The predicted octanol–water partition coefficient (Wildman–Crippen LogP) is 3.76. The molecular formula is C16H22ClNO3. The van der Waals surface area contributed by atoms with Crippen LogP contribution in [-0.4, -0.2) is 37.1 Å². The van der Waals surface area contributed by atoms with Crippen LogP contribution in [0.1, 0.15) is 43.5 Å². The third kappa shape index (κ3) is 3.82. The maximum absolute atomic E-state index is 12.6. The lowest BCUT2D eigenvalue weighted by molar-refractivity contribution is 0.0755. The van der Waals surface area contributed by atoms with E-state index in [2.05, 4.69) is 13.8 Å². The van der Waals surface area contributed by atoms with Crippen LogP contribution in [0.15, 0.2) is 12.1 Å². The molecule has 1 aromatic carbocycles. The third-order valence-corrected chi connectivity index (χ3v) is 3.60. The van der Waals surface area contributed by atoms with E-state index in [1.165, 1.54) is 0 Å². The second-order valence-electron chi connectivity index (χ2n) is 5.13. The van der Waals surface area contributed by atoms with Crippen molar-refractivity contribution in [1.82, 2.24) is 4.90 Å². The van der Waals surface area contributed by atoms with Gasteiger partial charge in [-0.1, -0.05) is 25.4 Å². The molecule has 1 aliphatic heterocycles. The van der Waals surface area contributed by atoms with E-state index in [9.17, 15) is 4.79 Å². The van der Waals surface area contributed by atoms with E-state index in [-0.39, 0.29) is 5.91 Å². The van der Waals surface area contributed by atoms with Crippen LogP contribution in [0.2, 0.25) is 5.02 Å². The summed E-state index contributed by atoms with van der Waals surface area (Å²) in [6.07, 6.45) is 2.68. The SMILES string of the molecule is CCCN(CCC)C(=O)c1cc(Cl)c2c(c1)OCCCO2. The zero-order valence-electron chi connectivity index (χ0n) is 12.7. The van der Waals surface area contributed by atoms with Crippen LogP contribution in [0.25, 0.3) is 0 Å². The first-order valence-electron chi connectivity index (χ1n) is 7.55. The molecule has 1 aliphatic rings. The Balaban J connectivity index is 2.28.